The molecular formula is C19H36S. The Morgan fingerprint density at radius 1 is 0.900 bits per heavy atom. The largest absolute Gasteiger partial charge is 0.161 e. The fourth-order valence-electron chi connectivity index (χ4n) is 4.68. The van der Waals surface area contributed by atoms with Gasteiger partial charge in [-0.15, -0.1) is 0 Å². The van der Waals surface area contributed by atoms with E-state index >= 15 is 0 Å². The highest BCUT2D eigenvalue weighted by atomic mass is 32.2. The molecule has 2 aliphatic rings. The van der Waals surface area contributed by atoms with E-state index in [0.717, 1.165) is 17.3 Å². The molecule has 0 aromatic rings. The quantitative estimate of drug-likeness (QED) is 0.405. The number of rotatable bonds is 10. The molecule has 0 bridgehead atoms. The van der Waals surface area contributed by atoms with Crippen molar-refractivity contribution in [2.75, 3.05) is 11.5 Å². The minimum Gasteiger partial charge on any atom is -0.161 e. The molecule has 20 heavy (non-hydrogen) atoms. The van der Waals surface area contributed by atoms with Gasteiger partial charge in [-0.25, -0.2) is 0 Å². The van der Waals surface area contributed by atoms with Gasteiger partial charge >= 0.3 is 0 Å². The minimum absolute atomic E-state index is 0.797. The predicted octanol–water partition coefficient (Wildman–Crippen LogP) is 6.69. The smallest absolute Gasteiger partial charge is 0.00308 e. The molecule has 1 heteroatoms. The summed E-state index contributed by atoms with van der Waals surface area (Å²) in [5, 5.41) is 0. The van der Waals surface area contributed by atoms with Crippen molar-refractivity contribution in [1.29, 1.82) is 0 Å². The molecule has 1 heterocycles. The van der Waals surface area contributed by atoms with E-state index in [1.54, 1.807) is 12.8 Å². The molecule has 118 valence electrons. The molecule has 2 atom stereocenters. The van der Waals surface area contributed by atoms with Gasteiger partial charge in [-0.2, -0.15) is 11.8 Å². The number of unbranched alkanes of at least 4 members (excludes halogenated alkanes) is 5. The van der Waals surface area contributed by atoms with Gasteiger partial charge < -0.3 is 0 Å². The van der Waals surface area contributed by atoms with Crippen LogP contribution in [-0.4, -0.2) is 11.5 Å². The van der Waals surface area contributed by atoms with E-state index in [4.69, 9.17) is 0 Å². The van der Waals surface area contributed by atoms with E-state index in [0.29, 0.717) is 0 Å². The van der Waals surface area contributed by atoms with Gasteiger partial charge in [-0.1, -0.05) is 65.2 Å². The minimum atomic E-state index is 0.797. The molecule has 2 fully saturated rings. The maximum atomic E-state index is 2.39. The lowest BCUT2D eigenvalue weighted by molar-refractivity contribution is 0.0231. The third kappa shape index (κ3) is 4.18. The zero-order valence-corrected chi connectivity index (χ0v) is 14.8. The first-order chi connectivity index (χ1) is 9.82. The first-order valence-corrected chi connectivity index (χ1v) is 10.6. The monoisotopic (exact) mass is 296 g/mol. The van der Waals surface area contributed by atoms with Gasteiger partial charge in [0.15, 0.2) is 0 Å². The Labute approximate surface area is 131 Å². The summed E-state index contributed by atoms with van der Waals surface area (Å²) in [5.41, 5.74) is 0.797. The van der Waals surface area contributed by atoms with Gasteiger partial charge in [-0.3, -0.25) is 0 Å². The lowest BCUT2D eigenvalue weighted by Crippen LogP contribution is -2.40. The Morgan fingerprint density at radius 3 is 2.30 bits per heavy atom. The molecule has 0 aromatic carbocycles. The summed E-state index contributed by atoms with van der Waals surface area (Å²) in [4.78, 5) is 0. The van der Waals surface area contributed by atoms with Crippen LogP contribution in [0, 0.1) is 17.3 Å². The molecule has 0 radical (unpaired) electrons. The van der Waals surface area contributed by atoms with Crippen molar-refractivity contribution in [3.05, 3.63) is 0 Å². The summed E-state index contributed by atoms with van der Waals surface area (Å²) in [5.74, 6) is 5.11. The molecule has 2 rings (SSSR count). The van der Waals surface area contributed by atoms with Gasteiger partial charge in [0, 0.05) is 0 Å². The average molecular weight is 297 g/mol. The Hall–Kier alpha value is 0.350. The Morgan fingerprint density at radius 2 is 1.65 bits per heavy atom. The Kier molecular flexibility index (Phi) is 7.28. The standard InChI is InChI=1S/C19H36S/c1-3-5-6-7-8-9-11-17-15-20-16-18(17)19(12-4-2)13-10-14-19/h17-18H,3-16H2,1-2H3. The van der Waals surface area contributed by atoms with E-state index in [2.05, 4.69) is 25.6 Å². The Bertz CT molecular complexity index is 256. The van der Waals surface area contributed by atoms with Gasteiger partial charge in [0.25, 0.3) is 0 Å². The SMILES string of the molecule is CCCCCCCCC1CSCC1C1(CCC)CCC1. The van der Waals surface area contributed by atoms with Crippen molar-refractivity contribution in [3.8, 4) is 0 Å². The highest BCUT2D eigenvalue weighted by Gasteiger charge is 2.47. The maximum absolute atomic E-state index is 2.39. The Balaban J connectivity index is 1.70. The number of thioether (sulfide) groups is 1. The van der Waals surface area contributed by atoms with E-state index in [-0.39, 0.29) is 0 Å². The molecule has 0 aromatic heterocycles. The zero-order valence-electron chi connectivity index (χ0n) is 14.0. The topological polar surface area (TPSA) is 0 Å². The fraction of sp³-hybridized carbons (Fsp3) is 1.00. The summed E-state index contributed by atoms with van der Waals surface area (Å²) < 4.78 is 0. The summed E-state index contributed by atoms with van der Waals surface area (Å²) in [6, 6.07) is 0. The van der Waals surface area contributed by atoms with Crippen molar-refractivity contribution >= 4 is 11.8 Å². The van der Waals surface area contributed by atoms with Crippen LogP contribution in [0.25, 0.3) is 0 Å². The maximum Gasteiger partial charge on any atom is -0.00308 e. The van der Waals surface area contributed by atoms with Crippen molar-refractivity contribution in [2.24, 2.45) is 17.3 Å². The van der Waals surface area contributed by atoms with Crippen LogP contribution < -0.4 is 0 Å². The van der Waals surface area contributed by atoms with Gasteiger partial charge in [0.1, 0.15) is 0 Å². The van der Waals surface area contributed by atoms with Gasteiger partial charge in [-0.05, 0) is 54.4 Å². The third-order valence-electron chi connectivity index (χ3n) is 6.01. The van der Waals surface area contributed by atoms with E-state index in [1.807, 2.05) is 0 Å². The van der Waals surface area contributed by atoms with Crippen molar-refractivity contribution in [2.45, 2.75) is 90.9 Å². The average Bonchev–Trinajstić information content (AvgIpc) is 2.86. The molecule has 1 saturated carbocycles. The third-order valence-corrected chi connectivity index (χ3v) is 7.27. The van der Waals surface area contributed by atoms with Crippen LogP contribution in [0.5, 0.6) is 0 Å². The fourth-order valence-corrected chi connectivity index (χ4v) is 6.40. The molecule has 0 nitrogen and oxygen atoms in total. The molecule has 0 N–H and O–H groups in total. The normalized spacial score (nSPS) is 28.5. The molecule has 2 unspecified atom stereocenters. The van der Waals surface area contributed by atoms with Crippen LogP contribution >= 0.6 is 11.8 Å². The molecule has 1 saturated heterocycles. The van der Waals surface area contributed by atoms with Crippen molar-refractivity contribution in [1.82, 2.24) is 0 Å². The van der Waals surface area contributed by atoms with Crippen LogP contribution in [0.4, 0.5) is 0 Å². The summed E-state index contributed by atoms with van der Waals surface area (Å²) in [7, 11) is 0. The predicted molar refractivity (Wildman–Crippen MR) is 93.5 cm³/mol. The molecule has 0 amide bonds. The molecular weight excluding hydrogens is 260 g/mol. The number of hydrogen-bond donors (Lipinski definition) is 0. The van der Waals surface area contributed by atoms with Crippen molar-refractivity contribution < 1.29 is 0 Å². The first kappa shape index (κ1) is 16.7. The molecule has 1 aliphatic carbocycles. The lowest BCUT2D eigenvalue weighted by Gasteiger charge is -2.49. The second-order valence-corrected chi connectivity index (χ2v) is 8.50. The van der Waals surface area contributed by atoms with Gasteiger partial charge in [0.2, 0.25) is 0 Å². The van der Waals surface area contributed by atoms with E-state index in [1.165, 1.54) is 75.7 Å². The van der Waals surface area contributed by atoms with E-state index in [9.17, 15) is 0 Å². The van der Waals surface area contributed by atoms with Gasteiger partial charge in [0.05, 0.1) is 0 Å². The summed E-state index contributed by atoms with van der Waals surface area (Å²) >= 11 is 2.26. The summed E-state index contributed by atoms with van der Waals surface area (Å²) in [6.07, 6.45) is 17.9. The lowest BCUT2D eigenvalue weighted by atomic mass is 9.56. The van der Waals surface area contributed by atoms with Crippen LogP contribution in [0.3, 0.4) is 0 Å². The summed E-state index contributed by atoms with van der Waals surface area (Å²) in [6.45, 7) is 4.71. The highest BCUT2D eigenvalue weighted by Crippen LogP contribution is 2.57. The van der Waals surface area contributed by atoms with Crippen LogP contribution in [0.15, 0.2) is 0 Å². The first-order valence-electron chi connectivity index (χ1n) is 9.40. The second kappa shape index (κ2) is 8.71. The molecule has 1 aliphatic heterocycles. The zero-order chi connectivity index (χ0) is 14.3. The molecule has 0 spiro atoms. The highest BCUT2D eigenvalue weighted by molar-refractivity contribution is 7.99. The van der Waals surface area contributed by atoms with Crippen LogP contribution in [0.2, 0.25) is 0 Å². The van der Waals surface area contributed by atoms with Crippen LogP contribution in [0.1, 0.15) is 90.9 Å². The van der Waals surface area contributed by atoms with Crippen LogP contribution in [-0.2, 0) is 0 Å². The van der Waals surface area contributed by atoms with Crippen molar-refractivity contribution in [3.63, 3.8) is 0 Å². The second-order valence-electron chi connectivity index (χ2n) is 7.43. The number of hydrogen-bond acceptors (Lipinski definition) is 1. The van der Waals surface area contributed by atoms with E-state index < -0.39 is 0 Å².